The van der Waals surface area contributed by atoms with Gasteiger partial charge in [-0.25, -0.2) is 9.59 Å². The van der Waals surface area contributed by atoms with E-state index in [9.17, 15) is 9.59 Å². The SMILES string of the molecule is CCOC(=O)COC(=O)c1[nH]cc(-c2ccc(Cl)cc2)c1N1CCOCC1. The zero-order valence-electron chi connectivity index (χ0n) is 15.0. The van der Waals surface area contributed by atoms with Crippen LogP contribution in [0.15, 0.2) is 30.5 Å². The Bertz CT molecular complexity index is 797. The first-order valence-electron chi connectivity index (χ1n) is 8.73. The van der Waals surface area contributed by atoms with Crippen LogP contribution >= 0.6 is 11.6 Å². The molecule has 0 spiro atoms. The molecule has 1 aromatic carbocycles. The Balaban J connectivity index is 1.90. The predicted octanol–water partition coefficient (Wildman–Crippen LogP) is 2.89. The molecule has 8 heteroatoms. The highest BCUT2D eigenvalue weighted by Gasteiger charge is 2.26. The maximum atomic E-state index is 12.6. The third kappa shape index (κ3) is 4.61. The lowest BCUT2D eigenvalue weighted by Crippen LogP contribution is -2.37. The van der Waals surface area contributed by atoms with Gasteiger partial charge in [0, 0.05) is 29.9 Å². The Morgan fingerprint density at radius 3 is 2.56 bits per heavy atom. The Hall–Kier alpha value is -2.51. The number of hydrogen-bond acceptors (Lipinski definition) is 6. The molecule has 1 aliphatic rings. The number of halogens is 1. The Morgan fingerprint density at radius 1 is 1.19 bits per heavy atom. The average molecular weight is 393 g/mol. The quantitative estimate of drug-likeness (QED) is 0.761. The first-order chi connectivity index (χ1) is 13.1. The number of rotatable bonds is 6. The van der Waals surface area contributed by atoms with E-state index in [1.54, 1.807) is 25.3 Å². The number of H-pyrrole nitrogens is 1. The number of aromatic nitrogens is 1. The second-order valence-electron chi connectivity index (χ2n) is 5.91. The van der Waals surface area contributed by atoms with Gasteiger partial charge in [0.15, 0.2) is 6.61 Å². The van der Waals surface area contributed by atoms with Gasteiger partial charge in [0.25, 0.3) is 0 Å². The van der Waals surface area contributed by atoms with Gasteiger partial charge in [-0.1, -0.05) is 23.7 Å². The minimum Gasteiger partial charge on any atom is -0.463 e. The van der Waals surface area contributed by atoms with Crippen molar-refractivity contribution < 1.29 is 23.8 Å². The van der Waals surface area contributed by atoms with Gasteiger partial charge >= 0.3 is 11.9 Å². The fourth-order valence-electron chi connectivity index (χ4n) is 2.94. The lowest BCUT2D eigenvalue weighted by atomic mass is 10.1. The number of ether oxygens (including phenoxy) is 3. The van der Waals surface area contributed by atoms with Crippen LogP contribution in [0, 0.1) is 0 Å². The standard InChI is InChI=1S/C19H21ClN2O5/c1-2-26-16(23)12-27-19(24)17-18(22-7-9-25-10-8-22)15(11-21-17)13-3-5-14(20)6-4-13/h3-6,11,21H,2,7-10,12H2,1H3. The topological polar surface area (TPSA) is 80.9 Å². The molecule has 2 heterocycles. The molecule has 0 atom stereocenters. The third-order valence-electron chi connectivity index (χ3n) is 4.17. The average Bonchev–Trinajstić information content (AvgIpc) is 3.13. The summed E-state index contributed by atoms with van der Waals surface area (Å²) in [6.45, 7) is 3.95. The fraction of sp³-hybridized carbons (Fsp3) is 0.368. The van der Waals surface area contributed by atoms with E-state index in [1.807, 2.05) is 12.1 Å². The van der Waals surface area contributed by atoms with Crippen LogP contribution in [0.3, 0.4) is 0 Å². The van der Waals surface area contributed by atoms with Crippen molar-refractivity contribution in [3.63, 3.8) is 0 Å². The number of carbonyl (C=O) groups is 2. The molecule has 1 saturated heterocycles. The maximum absolute atomic E-state index is 12.6. The van der Waals surface area contributed by atoms with Gasteiger partial charge in [-0.05, 0) is 24.6 Å². The molecule has 1 aliphatic heterocycles. The summed E-state index contributed by atoms with van der Waals surface area (Å²) >= 11 is 5.99. The molecule has 1 aromatic heterocycles. The van der Waals surface area contributed by atoms with Gasteiger partial charge in [-0.15, -0.1) is 0 Å². The summed E-state index contributed by atoms with van der Waals surface area (Å²) in [5.74, 6) is -1.19. The van der Waals surface area contributed by atoms with Crippen molar-refractivity contribution in [1.82, 2.24) is 4.98 Å². The second kappa shape index (κ2) is 8.92. The lowest BCUT2D eigenvalue weighted by Gasteiger charge is -2.30. The summed E-state index contributed by atoms with van der Waals surface area (Å²) < 4.78 is 15.3. The number of anilines is 1. The van der Waals surface area contributed by atoms with Crippen molar-refractivity contribution in [2.24, 2.45) is 0 Å². The summed E-state index contributed by atoms with van der Waals surface area (Å²) in [6.07, 6.45) is 1.76. The van der Waals surface area contributed by atoms with Crippen LogP contribution in [0.2, 0.25) is 5.02 Å². The molecule has 0 unspecified atom stereocenters. The molecule has 27 heavy (non-hydrogen) atoms. The van der Waals surface area contributed by atoms with Gasteiger partial charge in [0.2, 0.25) is 0 Å². The van der Waals surface area contributed by atoms with Crippen molar-refractivity contribution in [3.8, 4) is 11.1 Å². The van der Waals surface area contributed by atoms with Gasteiger partial charge in [-0.2, -0.15) is 0 Å². The van der Waals surface area contributed by atoms with E-state index >= 15 is 0 Å². The number of carbonyl (C=O) groups excluding carboxylic acids is 2. The second-order valence-corrected chi connectivity index (χ2v) is 6.35. The number of benzene rings is 1. The van der Waals surface area contributed by atoms with E-state index < -0.39 is 18.5 Å². The first-order valence-corrected chi connectivity index (χ1v) is 9.10. The normalized spacial score (nSPS) is 14.1. The van der Waals surface area contributed by atoms with Gasteiger partial charge in [0.05, 0.1) is 25.5 Å². The third-order valence-corrected chi connectivity index (χ3v) is 4.42. The summed E-state index contributed by atoms with van der Waals surface area (Å²) in [4.78, 5) is 29.1. The number of esters is 2. The van der Waals surface area contributed by atoms with Crippen LogP contribution in [0.1, 0.15) is 17.4 Å². The van der Waals surface area contributed by atoms with Crippen LogP contribution in [0.4, 0.5) is 5.69 Å². The zero-order valence-corrected chi connectivity index (χ0v) is 15.8. The highest BCUT2D eigenvalue weighted by atomic mass is 35.5. The number of aromatic amines is 1. The van der Waals surface area contributed by atoms with Crippen LogP contribution in [0.25, 0.3) is 11.1 Å². The summed E-state index contributed by atoms with van der Waals surface area (Å²) in [5, 5.41) is 0.635. The molecule has 0 amide bonds. The minimum absolute atomic E-state index is 0.235. The van der Waals surface area contributed by atoms with Gasteiger partial charge in [0.1, 0.15) is 5.69 Å². The number of nitrogens with zero attached hydrogens (tertiary/aromatic N) is 1. The van der Waals surface area contributed by atoms with E-state index in [4.69, 9.17) is 25.8 Å². The lowest BCUT2D eigenvalue weighted by molar-refractivity contribution is -0.146. The zero-order chi connectivity index (χ0) is 19.2. The van der Waals surface area contributed by atoms with Gasteiger partial charge in [-0.3, -0.25) is 0 Å². The number of nitrogens with one attached hydrogen (secondary N) is 1. The molecule has 0 radical (unpaired) electrons. The smallest absolute Gasteiger partial charge is 0.357 e. The van der Waals surface area contributed by atoms with E-state index in [1.165, 1.54) is 0 Å². The molecular weight excluding hydrogens is 372 g/mol. The van der Waals surface area contributed by atoms with E-state index in [2.05, 4.69) is 9.88 Å². The van der Waals surface area contributed by atoms with Crippen molar-refractivity contribution in [2.75, 3.05) is 44.4 Å². The first kappa shape index (κ1) is 19.3. The van der Waals surface area contributed by atoms with Crippen LogP contribution in [-0.2, 0) is 19.0 Å². The summed E-state index contributed by atoms with van der Waals surface area (Å²) in [7, 11) is 0. The molecule has 0 aliphatic carbocycles. The summed E-state index contributed by atoms with van der Waals surface area (Å²) in [5.41, 5.74) is 2.80. The number of morpholine rings is 1. The molecule has 144 valence electrons. The van der Waals surface area contributed by atoms with Crippen molar-refractivity contribution >= 4 is 29.2 Å². The molecule has 2 aromatic rings. The largest absolute Gasteiger partial charge is 0.463 e. The molecule has 7 nitrogen and oxygen atoms in total. The van der Waals surface area contributed by atoms with Crippen LogP contribution in [-0.4, -0.2) is 56.4 Å². The summed E-state index contributed by atoms with van der Waals surface area (Å²) in [6, 6.07) is 7.38. The Morgan fingerprint density at radius 2 is 1.89 bits per heavy atom. The number of hydrogen-bond donors (Lipinski definition) is 1. The van der Waals surface area contributed by atoms with Crippen molar-refractivity contribution in [1.29, 1.82) is 0 Å². The monoisotopic (exact) mass is 392 g/mol. The van der Waals surface area contributed by atoms with Crippen molar-refractivity contribution in [3.05, 3.63) is 41.2 Å². The molecular formula is C19H21ClN2O5. The fourth-order valence-corrected chi connectivity index (χ4v) is 3.06. The van der Waals surface area contributed by atoms with E-state index in [-0.39, 0.29) is 6.61 Å². The predicted molar refractivity (Wildman–Crippen MR) is 101 cm³/mol. The molecule has 1 fully saturated rings. The molecule has 1 N–H and O–H groups in total. The Labute approximate surface area is 162 Å². The van der Waals surface area contributed by atoms with Crippen molar-refractivity contribution in [2.45, 2.75) is 6.92 Å². The van der Waals surface area contributed by atoms with Crippen LogP contribution < -0.4 is 4.90 Å². The Kier molecular flexibility index (Phi) is 6.36. The highest BCUT2D eigenvalue weighted by Crippen LogP contribution is 2.35. The van der Waals surface area contributed by atoms with Gasteiger partial charge < -0.3 is 24.1 Å². The molecule has 0 bridgehead atoms. The molecule has 3 rings (SSSR count). The van der Waals surface area contributed by atoms with Crippen LogP contribution in [0.5, 0.6) is 0 Å². The minimum atomic E-state index is -0.607. The van der Waals surface area contributed by atoms with E-state index in [0.717, 1.165) is 16.8 Å². The highest BCUT2D eigenvalue weighted by molar-refractivity contribution is 6.30. The van der Waals surface area contributed by atoms with E-state index in [0.29, 0.717) is 37.0 Å². The maximum Gasteiger partial charge on any atom is 0.357 e. The molecule has 0 saturated carbocycles.